The predicted molar refractivity (Wildman–Crippen MR) is 109 cm³/mol. The summed E-state index contributed by atoms with van der Waals surface area (Å²) < 4.78 is 39.8. The summed E-state index contributed by atoms with van der Waals surface area (Å²) in [4.78, 5) is 36.5. The van der Waals surface area contributed by atoms with Crippen LogP contribution in [0.25, 0.3) is 10.9 Å². The van der Waals surface area contributed by atoms with Gasteiger partial charge < -0.3 is 10.2 Å². The van der Waals surface area contributed by atoms with Crippen LogP contribution in [0.15, 0.2) is 42.9 Å². The summed E-state index contributed by atoms with van der Waals surface area (Å²) in [5.41, 5.74) is 0.377. The van der Waals surface area contributed by atoms with Gasteiger partial charge in [-0.05, 0) is 24.6 Å². The molecule has 2 aromatic heterocycles. The van der Waals surface area contributed by atoms with Crippen molar-refractivity contribution in [2.75, 3.05) is 30.4 Å². The molecular weight excluding hydrogens is 411 g/mol. The zero-order valence-electron chi connectivity index (χ0n) is 16.7. The Bertz CT molecular complexity index is 1200. The van der Waals surface area contributed by atoms with Crippen LogP contribution < -0.4 is 10.2 Å². The SMILES string of the molecule is Cc1cnc2c(NC(=O)c3cnccc3C(F)(F)F)cccc2c1N1CCN(C)C1=O. The van der Waals surface area contributed by atoms with Crippen molar-refractivity contribution >= 4 is 34.2 Å². The molecule has 4 rings (SSSR count). The van der Waals surface area contributed by atoms with Crippen molar-refractivity contribution in [3.63, 3.8) is 0 Å². The van der Waals surface area contributed by atoms with Crippen LogP contribution in [0.3, 0.4) is 0 Å². The monoisotopic (exact) mass is 429 g/mol. The maximum atomic E-state index is 13.3. The number of aromatic nitrogens is 2. The van der Waals surface area contributed by atoms with Crippen molar-refractivity contribution in [1.82, 2.24) is 14.9 Å². The number of carbonyl (C=O) groups excluding carboxylic acids is 2. The minimum atomic E-state index is -4.70. The Labute approximate surface area is 175 Å². The lowest BCUT2D eigenvalue weighted by molar-refractivity contribution is -0.138. The van der Waals surface area contributed by atoms with Crippen LogP contribution in [0.2, 0.25) is 0 Å². The highest BCUT2D eigenvalue weighted by atomic mass is 19.4. The minimum Gasteiger partial charge on any atom is -0.326 e. The number of hydrogen-bond acceptors (Lipinski definition) is 4. The van der Waals surface area contributed by atoms with E-state index in [2.05, 4.69) is 15.3 Å². The Morgan fingerprint density at radius 3 is 2.61 bits per heavy atom. The van der Waals surface area contributed by atoms with Crippen LogP contribution in [-0.4, -0.2) is 46.9 Å². The fraction of sp³-hybridized carbons (Fsp3) is 0.238. The first kappa shape index (κ1) is 20.6. The highest BCUT2D eigenvalue weighted by Gasteiger charge is 2.35. The lowest BCUT2D eigenvalue weighted by Gasteiger charge is -2.21. The van der Waals surface area contributed by atoms with E-state index in [9.17, 15) is 22.8 Å². The molecule has 160 valence electrons. The van der Waals surface area contributed by atoms with Crippen molar-refractivity contribution in [3.8, 4) is 0 Å². The molecule has 31 heavy (non-hydrogen) atoms. The highest BCUT2D eigenvalue weighted by molar-refractivity contribution is 6.12. The van der Waals surface area contributed by atoms with Gasteiger partial charge in [0.05, 0.1) is 28.0 Å². The van der Waals surface area contributed by atoms with Crippen LogP contribution in [0.4, 0.5) is 29.3 Å². The number of likely N-dealkylation sites (N-methyl/N-ethyl adjacent to an activating group) is 1. The number of anilines is 2. The van der Waals surface area contributed by atoms with Gasteiger partial charge in [0, 0.05) is 44.1 Å². The Morgan fingerprint density at radius 1 is 1.16 bits per heavy atom. The number of benzene rings is 1. The van der Waals surface area contributed by atoms with Gasteiger partial charge in [0.15, 0.2) is 0 Å². The first-order valence-corrected chi connectivity index (χ1v) is 9.42. The minimum absolute atomic E-state index is 0.157. The zero-order valence-corrected chi connectivity index (χ0v) is 16.7. The maximum absolute atomic E-state index is 13.3. The molecule has 0 unspecified atom stereocenters. The fourth-order valence-electron chi connectivity index (χ4n) is 3.63. The first-order chi connectivity index (χ1) is 14.7. The Morgan fingerprint density at radius 2 is 1.94 bits per heavy atom. The molecule has 0 bridgehead atoms. The maximum Gasteiger partial charge on any atom is 0.417 e. The number of aryl methyl sites for hydroxylation is 1. The third-order valence-electron chi connectivity index (χ3n) is 5.16. The number of hydrogen-bond donors (Lipinski definition) is 1. The molecule has 3 aromatic rings. The molecule has 1 saturated heterocycles. The summed E-state index contributed by atoms with van der Waals surface area (Å²) in [5.74, 6) is -0.950. The largest absolute Gasteiger partial charge is 0.417 e. The molecule has 0 spiro atoms. The van der Waals surface area contributed by atoms with Gasteiger partial charge in [-0.15, -0.1) is 0 Å². The van der Waals surface area contributed by atoms with Gasteiger partial charge in [-0.25, -0.2) is 4.79 Å². The van der Waals surface area contributed by atoms with Gasteiger partial charge in [0.2, 0.25) is 0 Å². The molecule has 0 atom stereocenters. The highest BCUT2D eigenvalue weighted by Crippen LogP contribution is 2.35. The summed E-state index contributed by atoms with van der Waals surface area (Å²) in [7, 11) is 1.71. The van der Waals surface area contributed by atoms with E-state index in [-0.39, 0.29) is 11.7 Å². The molecule has 10 heteroatoms. The summed E-state index contributed by atoms with van der Waals surface area (Å²) >= 11 is 0. The third-order valence-corrected chi connectivity index (χ3v) is 5.16. The van der Waals surface area contributed by atoms with Crippen molar-refractivity contribution in [1.29, 1.82) is 0 Å². The average Bonchev–Trinajstić information content (AvgIpc) is 3.05. The topological polar surface area (TPSA) is 78.4 Å². The van der Waals surface area contributed by atoms with Crippen molar-refractivity contribution in [2.24, 2.45) is 0 Å². The number of halogens is 3. The summed E-state index contributed by atoms with van der Waals surface area (Å²) in [6.45, 7) is 2.89. The summed E-state index contributed by atoms with van der Waals surface area (Å²) in [6, 6.07) is 5.56. The van der Waals surface area contributed by atoms with E-state index in [1.807, 2.05) is 6.92 Å². The second kappa shape index (κ2) is 7.53. The van der Waals surface area contributed by atoms with E-state index >= 15 is 0 Å². The second-order valence-corrected chi connectivity index (χ2v) is 7.22. The van der Waals surface area contributed by atoms with Gasteiger partial charge >= 0.3 is 12.2 Å². The zero-order chi connectivity index (χ0) is 22.3. The van der Waals surface area contributed by atoms with Crippen LogP contribution >= 0.6 is 0 Å². The van der Waals surface area contributed by atoms with Crippen LogP contribution in [0, 0.1) is 6.92 Å². The second-order valence-electron chi connectivity index (χ2n) is 7.22. The molecule has 7 nitrogen and oxygen atoms in total. The molecule has 0 radical (unpaired) electrons. The van der Waals surface area contributed by atoms with Gasteiger partial charge in [-0.3, -0.25) is 19.7 Å². The van der Waals surface area contributed by atoms with Crippen molar-refractivity contribution in [3.05, 3.63) is 59.5 Å². The number of carbonyl (C=O) groups is 2. The van der Waals surface area contributed by atoms with Crippen LogP contribution in [0.5, 0.6) is 0 Å². The van der Waals surface area contributed by atoms with Gasteiger partial charge in [0.25, 0.3) is 5.91 Å². The molecule has 1 aliphatic rings. The van der Waals surface area contributed by atoms with Crippen LogP contribution in [-0.2, 0) is 6.18 Å². The molecule has 3 amide bonds. The van der Waals surface area contributed by atoms with E-state index < -0.39 is 23.2 Å². The van der Waals surface area contributed by atoms with Crippen molar-refractivity contribution in [2.45, 2.75) is 13.1 Å². The molecule has 0 aliphatic carbocycles. The molecule has 1 fully saturated rings. The van der Waals surface area contributed by atoms with E-state index in [1.54, 1.807) is 41.2 Å². The molecule has 1 aromatic carbocycles. The number of fused-ring (bicyclic) bond motifs is 1. The fourth-order valence-corrected chi connectivity index (χ4v) is 3.63. The number of nitrogens with zero attached hydrogens (tertiary/aromatic N) is 4. The van der Waals surface area contributed by atoms with Gasteiger partial charge in [0.1, 0.15) is 0 Å². The Balaban J connectivity index is 1.76. The molecule has 3 heterocycles. The van der Waals surface area contributed by atoms with Gasteiger partial charge in [-0.2, -0.15) is 13.2 Å². The van der Waals surface area contributed by atoms with Crippen LogP contribution in [0.1, 0.15) is 21.5 Å². The van der Waals surface area contributed by atoms with E-state index in [1.165, 1.54) is 0 Å². The summed E-state index contributed by atoms with van der Waals surface area (Å²) in [5, 5.41) is 3.13. The number of urea groups is 1. The summed E-state index contributed by atoms with van der Waals surface area (Å²) in [6.07, 6.45) is -1.26. The number of amides is 3. The lowest BCUT2D eigenvalue weighted by atomic mass is 10.1. The number of rotatable bonds is 3. The first-order valence-electron chi connectivity index (χ1n) is 9.42. The number of pyridine rings is 2. The predicted octanol–water partition coefficient (Wildman–Crippen LogP) is 4.08. The number of para-hydroxylation sites is 1. The Kier molecular flexibility index (Phi) is 5.00. The third kappa shape index (κ3) is 3.65. The quantitative estimate of drug-likeness (QED) is 0.681. The lowest BCUT2D eigenvalue weighted by Crippen LogP contribution is -2.30. The van der Waals surface area contributed by atoms with E-state index in [4.69, 9.17) is 0 Å². The smallest absolute Gasteiger partial charge is 0.326 e. The number of alkyl halides is 3. The van der Waals surface area contributed by atoms with Crippen molar-refractivity contribution < 1.29 is 22.8 Å². The molecule has 1 N–H and O–H groups in total. The Hall–Kier alpha value is -3.69. The normalized spacial score (nSPS) is 14.4. The molecule has 1 aliphatic heterocycles. The molecular formula is C21H18F3N5O2. The standard InChI is InChI=1S/C21H18F3N5O2/c1-12-10-26-17-13(18(12)29-9-8-28(2)20(29)31)4-3-5-16(17)27-19(30)14-11-25-7-6-15(14)21(22,23)24/h3-7,10-11H,8-9H2,1-2H3,(H,27,30). The van der Waals surface area contributed by atoms with E-state index in [0.29, 0.717) is 29.7 Å². The molecule has 0 saturated carbocycles. The average molecular weight is 429 g/mol. The number of nitrogens with one attached hydrogen (secondary N) is 1. The van der Waals surface area contributed by atoms with Gasteiger partial charge in [-0.1, -0.05) is 12.1 Å². The van der Waals surface area contributed by atoms with E-state index in [0.717, 1.165) is 24.0 Å².